The first-order chi connectivity index (χ1) is 8.70. The van der Waals surface area contributed by atoms with E-state index in [2.05, 4.69) is 5.32 Å². The molecule has 0 unspecified atom stereocenters. The van der Waals surface area contributed by atoms with E-state index in [1.807, 2.05) is 13.0 Å². The number of anilines is 1. The van der Waals surface area contributed by atoms with E-state index < -0.39 is 0 Å². The third kappa shape index (κ3) is 2.94. The lowest BCUT2D eigenvalue weighted by Crippen LogP contribution is -2.44. The minimum atomic E-state index is -0.0741. The quantitative estimate of drug-likeness (QED) is 0.864. The minimum absolute atomic E-state index is 0.0741. The summed E-state index contributed by atoms with van der Waals surface area (Å²) in [6, 6.07) is 7.02. The van der Waals surface area contributed by atoms with Crippen LogP contribution in [0.25, 0.3) is 0 Å². The van der Waals surface area contributed by atoms with Crippen molar-refractivity contribution in [1.29, 1.82) is 0 Å². The number of nitrogens with one attached hydrogen (secondary N) is 1. The van der Waals surface area contributed by atoms with Gasteiger partial charge in [-0.25, -0.2) is 4.79 Å². The second kappa shape index (κ2) is 5.76. The summed E-state index contributed by atoms with van der Waals surface area (Å²) in [7, 11) is 0. The molecule has 1 aromatic carbocycles. The van der Waals surface area contributed by atoms with Crippen molar-refractivity contribution in [2.45, 2.75) is 38.6 Å². The summed E-state index contributed by atoms with van der Waals surface area (Å²) in [5.74, 6) is 0.180. The van der Waals surface area contributed by atoms with Crippen LogP contribution in [0.1, 0.15) is 32.6 Å². The van der Waals surface area contributed by atoms with Crippen LogP contribution in [0.4, 0.5) is 10.5 Å². The van der Waals surface area contributed by atoms with Gasteiger partial charge in [-0.1, -0.05) is 18.9 Å². The maximum Gasteiger partial charge on any atom is 0.322 e. The average molecular weight is 248 g/mol. The summed E-state index contributed by atoms with van der Waals surface area (Å²) in [5.41, 5.74) is 0.730. The number of carbonyl (C=O) groups is 1. The molecule has 0 aromatic heterocycles. The largest absolute Gasteiger partial charge is 0.508 e. The Hall–Kier alpha value is -1.71. The van der Waals surface area contributed by atoms with Crippen LogP contribution in [0.5, 0.6) is 5.75 Å². The van der Waals surface area contributed by atoms with Gasteiger partial charge in [-0.05, 0) is 31.9 Å². The molecular weight excluding hydrogens is 228 g/mol. The molecule has 1 aromatic rings. The fourth-order valence-electron chi connectivity index (χ4n) is 2.43. The lowest BCUT2D eigenvalue weighted by Gasteiger charge is -2.24. The summed E-state index contributed by atoms with van der Waals surface area (Å²) in [6.07, 6.45) is 4.54. The molecule has 4 nitrogen and oxygen atoms in total. The van der Waals surface area contributed by atoms with Gasteiger partial charge in [0.25, 0.3) is 0 Å². The summed E-state index contributed by atoms with van der Waals surface area (Å²) < 4.78 is 0. The predicted octanol–water partition coefficient (Wildman–Crippen LogP) is 2.87. The highest BCUT2D eigenvalue weighted by molar-refractivity contribution is 5.92. The van der Waals surface area contributed by atoms with Gasteiger partial charge >= 0.3 is 6.03 Å². The van der Waals surface area contributed by atoms with Gasteiger partial charge in [-0.3, -0.25) is 4.90 Å². The van der Waals surface area contributed by atoms with Crippen LogP contribution in [0, 0.1) is 0 Å². The fraction of sp³-hybridized carbons (Fsp3) is 0.500. The van der Waals surface area contributed by atoms with Crippen molar-refractivity contribution in [3.63, 3.8) is 0 Å². The van der Waals surface area contributed by atoms with Crippen LogP contribution >= 0.6 is 0 Å². The Balaban J connectivity index is 2.05. The molecule has 0 spiro atoms. The molecule has 98 valence electrons. The van der Waals surface area contributed by atoms with Crippen molar-refractivity contribution in [3.05, 3.63) is 24.3 Å². The number of rotatable bonds is 3. The second-order valence-corrected chi connectivity index (χ2v) is 4.69. The van der Waals surface area contributed by atoms with Gasteiger partial charge in [-0.15, -0.1) is 0 Å². The summed E-state index contributed by atoms with van der Waals surface area (Å²) in [5, 5.41) is 12.5. The summed E-state index contributed by atoms with van der Waals surface area (Å²) in [4.78, 5) is 13.8. The molecule has 0 heterocycles. The maximum atomic E-state index is 12.2. The molecule has 4 heteroatoms. The number of hydrogen-bond acceptors (Lipinski definition) is 2. The molecule has 1 fully saturated rings. The van der Waals surface area contributed by atoms with Gasteiger partial charge in [0.15, 0.2) is 0 Å². The monoisotopic (exact) mass is 248 g/mol. The highest BCUT2D eigenvalue weighted by Crippen LogP contribution is 2.22. The lowest BCUT2D eigenvalue weighted by atomic mass is 10.2. The Morgan fingerprint density at radius 2 is 2.17 bits per heavy atom. The number of nitrogens with zero attached hydrogens (tertiary/aromatic N) is 1. The average Bonchev–Trinajstić information content (AvgIpc) is 2.83. The molecule has 1 saturated carbocycles. The third-order valence-electron chi connectivity index (χ3n) is 3.39. The summed E-state index contributed by atoms with van der Waals surface area (Å²) in [6.45, 7) is 2.51. The van der Waals surface area contributed by atoms with Crippen molar-refractivity contribution in [2.75, 3.05) is 11.4 Å². The lowest BCUT2D eigenvalue weighted by molar-refractivity contribution is 0.243. The molecule has 1 aliphatic carbocycles. The Bertz CT molecular complexity index is 414. The first kappa shape index (κ1) is 12.7. The standard InChI is InChI=1S/C14H20N2O2/c1-2-16(12-8-5-9-13(17)10-12)14(18)15-11-6-3-4-7-11/h5,8-11,17H,2-4,6-7H2,1H3,(H,15,18). The number of phenolic OH excluding ortho intramolecular Hbond substituents is 1. The highest BCUT2D eigenvalue weighted by Gasteiger charge is 2.21. The van der Waals surface area contributed by atoms with Crippen LogP contribution in [-0.4, -0.2) is 23.7 Å². The van der Waals surface area contributed by atoms with E-state index in [4.69, 9.17) is 0 Å². The zero-order valence-electron chi connectivity index (χ0n) is 10.7. The van der Waals surface area contributed by atoms with Gasteiger partial charge in [-0.2, -0.15) is 0 Å². The fourth-order valence-corrected chi connectivity index (χ4v) is 2.43. The predicted molar refractivity (Wildman–Crippen MR) is 71.9 cm³/mol. The molecule has 0 atom stereocenters. The van der Waals surface area contributed by atoms with E-state index in [0.717, 1.165) is 18.5 Å². The molecule has 2 N–H and O–H groups in total. The molecule has 2 rings (SSSR count). The normalized spacial score (nSPS) is 15.6. The first-order valence-electron chi connectivity index (χ1n) is 6.57. The zero-order valence-corrected chi connectivity index (χ0v) is 10.7. The molecule has 0 saturated heterocycles. The number of urea groups is 1. The topological polar surface area (TPSA) is 52.6 Å². The molecule has 0 bridgehead atoms. The van der Waals surface area contributed by atoms with Crippen molar-refractivity contribution in [2.24, 2.45) is 0 Å². The van der Waals surface area contributed by atoms with Crippen LogP contribution in [0.15, 0.2) is 24.3 Å². The van der Waals surface area contributed by atoms with Gasteiger partial charge in [0, 0.05) is 24.3 Å². The molecular formula is C14H20N2O2. The van der Waals surface area contributed by atoms with E-state index in [-0.39, 0.29) is 11.8 Å². The van der Waals surface area contributed by atoms with Crippen molar-refractivity contribution < 1.29 is 9.90 Å². The molecule has 2 amide bonds. The van der Waals surface area contributed by atoms with Crippen LogP contribution in [0.2, 0.25) is 0 Å². The molecule has 18 heavy (non-hydrogen) atoms. The molecule has 1 aliphatic rings. The number of hydrogen-bond donors (Lipinski definition) is 2. The van der Waals surface area contributed by atoms with Crippen LogP contribution in [-0.2, 0) is 0 Å². The zero-order chi connectivity index (χ0) is 13.0. The van der Waals surface area contributed by atoms with Crippen LogP contribution < -0.4 is 10.2 Å². The second-order valence-electron chi connectivity index (χ2n) is 4.69. The molecule has 0 aliphatic heterocycles. The van der Waals surface area contributed by atoms with E-state index in [0.29, 0.717) is 12.6 Å². The van der Waals surface area contributed by atoms with Gasteiger partial charge in [0.05, 0.1) is 0 Å². The Morgan fingerprint density at radius 1 is 1.44 bits per heavy atom. The van der Waals surface area contributed by atoms with E-state index in [1.165, 1.54) is 12.8 Å². The number of amides is 2. The SMILES string of the molecule is CCN(C(=O)NC1CCCC1)c1cccc(O)c1. The van der Waals surface area contributed by atoms with E-state index in [1.54, 1.807) is 23.1 Å². The highest BCUT2D eigenvalue weighted by atomic mass is 16.3. The Kier molecular flexibility index (Phi) is 4.07. The maximum absolute atomic E-state index is 12.2. The van der Waals surface area contributed by atoms with E-state index >= 15 is 0 Å². The van der Waals surface area contributed by atoms with Gasteiger partial charge in [0.2, 0.25) is 0 Å². The van der Waals surface area contributed by atoms with Crippen LogP contribution in [0.3, 0.4) is 0 Å². The Morgan fingerprint density at radius 3 is 2.78 bits per heavy atom. The third-order valence-corrected chi connectivity index (χ3v) is 3.39. The number of carbonyl (C=O) groups excluding carboxylic acids is 1. The number of benzene rings is 1. The van der Waals surface area contributed by atoms with Crippen molar-refractivity contribution in [3.8, 4) is 5.75 Å². The Labute approximate surface area is 108 Å². The van der Waals surface area contributed by atoms with Gasteiger partial charge in [0.1, 0.15) is 5.75 Å². The van der Waals surface area contributed by atoms with Crippen molar-refractivity contribution >= 4 is 11.7 Å². The van der Waals surface area contributed by atoms with Gasteiger partial charge < -0.3 is 10.4 Å². The number of phenols is 1. The first-order valence-corrected chi connectivity index (χ1v) is 6.57. The minimum Gasteiger partial charge on any atom is -0.508 e. The van der Waals surface area contributed by atoms with Crippen molar-refractivity contribution in [1.82, 2.24) is 5.32 Å². The smallest absolute Gasteiger partial charge is 0.322 e. The summed E-state index contributed by atoms with van der Waals surface area (Å²) >= 11 is 0. The number of aromatic hydroxyl groups is 1. The molecule has 0 radical (unpaired) electrons. The van der Waals surface area contributed by atoms with E-state index in [9.17, 15) is 9.90 Å².